The van der Waals surface area contributed by atoms with Crippen molar-refractivity contribution in [2.24, 2.45) is 0 Å². The molecule has 168 valence electrons. The van der Waals surface area contributed by atoms with Gasteiger partial charge in [0.2, 0.25) is 11.8 Å². The summed E-state index contributed by atoms with van der Waals surface area (Å²) < 4.78 is 10.00. The molecular formula is C22H34N2O6. The number of carbonyl (C=O) groups excluding carboxylic acids is 4. The quantitative estimate of drug-likeness (QED) is 0.304. The van der Waals surface area contributed by atoms with Crippen LogP contribution in [-0.4, -0.2) is 71.9 Å². The Balaban J connectivity index is 2.57. The number of esters is 2. The van der Waals surface area contributed by atoms with E-state index in [4.69, 9.17) is 9.47 Å². The van der Waals surface area contributed by atoms with Crippen LogP contribution < -0.4 is 0 Å². The summed E-state index contributed by atoms with van der Waals surface area (Å²) in [6, 6.07) is -0.466. The fourth-order valence-electron chi connectivity index (χ4n) is 2.94. The van der Waals surface area contributed by atoms with Gasteiger partial charge in [-0.25, -0.2) is 9.59 Å². The number of ether oxygens (including phenoxy) is 2. The van der Waals surface area contributed by atoms with E-state index in [9.17, 15) is 19.2 Å². The van der Waals surface area contributed by atoms with E-state index in [-0.39, 0.29) is 23.9 Å². The zero-order chi connectivity index (χ0) is 22.5. The Kier molecular flexibility index (Phi) is 11.5. The van der Waals surface area contributed by atoms with Crippen molar-refractivity contribution < 1.29 is 28.7 Å². The highest BCUT2D eigenvalue weighted by atomic mass is 16.5. The zero-order valence-electron chi connectivity index (χ0n) is 18.5. The van der Waals surface area contributed by atoms with E-state index in [1.54, 1.807) is 9.80 Å². The molecule has 0 aliphatic carbocycles. The summed E-state index contributed by atoms with van der Waals surface area (Å²) in [6.45, 7) is 8.99. The second-order valence-corrected chi connectivity index (χ2v) is 7.39. The van der Waals surface area contributed by atoms with Gasteiger partial charge < -0.3 is 19.3 Å². The molecule has 1 aliphatic heterocycles. The van der Waals surface area contributed by atoms with E-state index >= 15 is 0 Å². The summed E-state index contributed by atoms with van der Waals surface area (Å²) in [7, 11) is 0. The Labute approximate surface area is 178 Å². The van der Waals surface area contributed by atoms with E-state index in [1.807, 2.05) is 27.7 Å². The van der Waals surface area contributed by atoms with Crippen molar-refractivity contribution in [2.45, 2.75) is 65.5 Å². The Morgan fingerprint density at radius 1 is 0.733 bits per heavy atom. The predicted molar refractivity (Wildman–Crippen MR) is 112 cm³/mol. The summed E-state index contributed by atoms with van der Waals surface area (Å²) in [5.74, 6) is -1.68. The van der Waals surface area contributed by atoms with E-state index in [0.29, 0.717) is 26.3 Å². The molecule has 0 aromatic heterocycles. The predicted octanol–water partition coefficient (Wildman–Crippen LogP) is 2.23. The van der Waals surface area contributed by atoms with Crippen molar-refractivity contribution in [1.29, 1.82) is 0 Å². The first-order chi connectivity index (χ1) is 14.3. The van der Waals surface area contributed by atoms with Crippen LogP contribution in [-0.2, 0) is 28.7 Å². The summed E-state index contributed by atoms with van der Waals surface area (Å²) in [5, 5.41) is 0. The van der Waals surface area contributed by atoms with Crippen LogP contribution in [0.2, 0.25) is 0 Å². The lowest BCUT2D eigenvalue weighted by Crippen LogP contribution is -2.59. The van der Waals surface area contributed by atoms with Gasteiger partial charge in [0, 0.05) is 49.5 Å². The normalized spacial score (nSPS) is 19.3. The maximum Gasteiger partial charge on any atom is 0.330 e. The molecule has 0 aromatic carbocycles. The smallest absolute Gasteiger partial charge is 0.330 e. The van der Waals surface area contributed by atoms with Crippen molar-refractivity contribution >= 4 is 23.8 Å². The third-order valence-electron chi connectivity index (χ3n) is 4.76. The highest BCUT2D eigenvalue weighted by molar-refractivity contribution is 5.96. The third kappa shape index (κ3) is 8.80. The van der Waals surface area contributed by atoms with Crippen LogP contribution in [0.4, 0.5) is 0 Å². The second kappa shape index (κ2) is 13.6. The molecule has 0 aromatic rings. The number of amides is 2. The highest BCUT2D eigenvalue weighted by Gasteiger charge is 2.33. The van der Waals surface area contributed by atoms with Crippen molar-refractivity contribution in [1.82, 2.24) is 9.80 Å². The topological polar surface area (TPSA) is 93.2 Å². The molecule has 1 heterocycles. The maximum absolute atomic E-state index is 12.5. The second-order valence-electron chi connectivity index (χ2n) is 7.39. The molecule has 0 saturated carbocycles. The van der Waals surface area contributed by atoms with Gasteiger partial charge in [-0.15, -0.1) is 0 Å². The number of hydrogen-bond donors (Lipinski definition) is 0. The van der Waals surface area contributed by atoms with Gasteiger partial charge in [0.1, 0.15) is 0 Å². The van der Waals surface area contributed by atoms with Crippen molar-refractivity contribution in [3.8, 4) is 0 Å². The van der Waals surface area contributed by atoms with Crippen molar-refractivity contribution in [3.63, 3.8) is 0 Å². The molecule has 1 aliphatic rings. The molecule has 2 atom stereocenters. The molecule has 1 fully saturated rings. The van der Waals surface area contributed by atoms with Crippen LogP contribution in [0.25, 0.3) is 0 Å². The number of hydrogen-bond acceptors (Lipinski definition) is 6. The molecule has 0 bridgehead atoms. The van der Waals surface area contributed by atoms with Gasteiger partial charge in [0.25, 0.3) is 0 Å². The monoisotopic (exact) mass is 422 g/mol. The first kappa shape index (κ1) is 25.4. The Bertz CT molecular complexity index is 602. The molecule has 1 saturated heterocycles. The highest BCUT2D eigenvalue weighted by Crippen LogP contribution is 2.16. The van der Waals surface area contributed by atoms with Gasteiger partial charge >= 0.3 is 11.9 Å². The lowest BCUT2D eigenvalue weighted by Gasteiger charge is -2.43. The fourth-order valence-corrected chi connectivity index (χ4v) is 2.94. The average molecular weight is 423 g/mol. The van der Waals surface area contributed by atoms with E-state index in [2.05, 4.69) is 0 Å². The van der Waals surface area contributed by atoms with Crippen LogP contribution in [0, 0.1) is 0 Å². The van der Waals surface area contributed by atoms with E-state index < -0.39 is 11.9 Å². The van der Waals surface area contributed by atoms with Crippen LogP contribution in [0.1, 0.15) is 53.4 Å². The summed E-state index contributed by atoms with van der Waals surface area (Å²) in [4.78, 5) is 51.4. The molecule has 0 radical (unpaired) electrons. The lowest BCUT2D eigenvalue weighted by atomic mass is 10.1. The minimum atomic E-state index is -0.540. The summed E-state index contributed by atoms with van der Waals surface area (Å²) in [5.41, 5.74) is 0. The number of unbranched alkanes of at least 4 members (excludes halogenated alkanes) is 2. The minimum Gasteiger partial charge on any atom is -0.463 e. The van der Waals surface area contributed by atoms with Gasteiger partial charge in [-0.2, -0.15) is 0 Å². The largest absolute Gasteiger partial charge is 0.463 e. The first-order valence-electron chi connectivity index (χ1n) is 10.6. The van der Waals surface area contributed by atoms with E-state index in [0.717, 1.165) is 37.8 Å². The molecule has 8 heteroatoms. The van der Waals surface area contributed by atoms with Crippen LogP contribution in [0.15, 0.2) is 24.3 Å². The lowest BCUT2D eigenvalue weighted by molar-refractivity contribution is -0.141. The van der Waals surface area contributed by atoms with Gasteiger partial charge in [-0.05, 0) is 26.7 Å². The van der Waals surface area contributed by atoms with Crippen LogP contribution >= 0.6 is 0 Å². The maximum atomic E-state index is 12.5. The molecule has 2 unspecified atom stereocenters. The Morgan fingerprint density at radius 3 is 1.43 bits per heavy atom. The Hall–Kier alpha value is -2.64. The number of carbonyl (C=O) groups is 4. The molecular weight excluding hydrogens is 388 g/mol. The van der Waals surface area contributed by atoms with Gasteiger partial charge in [0.05, 0.1) is 13.2 Å². The molecule has 2 amide bonds. The third-order valence-corrected chi connectivity index (χ3v) is 4.76. The average Bonchev–Trinajstić information content (AvgIpc) is 2.72. The van der Waals surface area contributed by atoms with Crippen molar-refractivity contribution in [2.75, 3.05) is 26.3 Å². The van der Waals surface area contributed by atoms with Gasteiger partial charge in [-0.3, -0.25) is 9.59 Å². The molecule has 0 N–H and O–H groups in total. The first-order valence-corrected chi connectivity index (χ1v) is 10.6. The fraction of sp³-hybridized carbons (Fsp3) is 0.636. The number of piperazine rings is 1. The van der Waals surface area contributed by atoms with E-state index in [1.165, 1.54) is 12.2 Å². The van der Waals surface area contributed by atoms with Crippen molar-refractivity contribution in [3.05, 3.63) is 24.3 Å². The molecule has 8 nitrogen and oxygen atoms in total. The summed E-state index contributed by atoms with van der Waals surface area (Å²) in [6.07, 6.45) is 8.10. The van der Waals surface area contributed by atoms with Gasteiger partial charge in [-0.1, -0.05) is 26.7 Å². The van der Waals surface area contributed by atoms with Crippen LogP contribution in [0.3, 0.4) is 0 Å². The molecule has 0 spiro atoms. The zero-order valence-corrected chi connectivity index (χ0v) is 18.5. The molecule has 30 heavy (non-hydrogen) atoms. The Morgan fingerprint density at radius 2 is 1.10 bits per heavy atom. The number of rotatable bonds is 10. The standard InChI is InChI=1S/C22H34N2O6/c1-5-7-13-29-21(27)11-9-19(25)23-15-18(4)24(16-17(23)3)20(26)10-12-22(28)30-14-8-6-2/h9-12,17-18H,5-8,13-16H2,1-4H3. The summed E-state index contributed by atoms with van der Waals surface area (Å²) >= 11 is 0. The molecule has 1 rings (SSSR count). The SMILES string of the molecule is CCCCOC(=O)C=CC(=O)N1CC(C)N(C(=O)C=CC(=O)OCCCC)CC1C. The van der Waals surface area contributed by atoms with Crippen LogP contribution in [0.5, 0.6) is 0 Å². The van der Waals surface area contributed by atoms with Gasteiger partial charge in [0.15, 0.2) is 0 Å². The number of nitrogens with zero attached hydrogens (tertiary/aromatic N) is 2. The minimum absolute atomic E-state index is 0.233.